The largest absolute Gasteiger partial charge is 0.316 e. The SMILES string of the molecule is CNCC(=Cc1cc(F)ccc1F)C(C)C. The highest BCUT2D eigenvalue weighted by molar-refractivity contribution is 5.54. The highest BCUT2D eigenvalue weighted by atomic mass is 19.1. The maximum Gasteiger partial charge on any atom is 0.130 e. The molecule has 1 aromatic carbocycles. The molecule has 0 atom stereocenters. The third-order valence-electron chi connectivity index (χ3n) is 2.42. The first-order valence-corrected chi connectivity index (χ1v) is 5.34. The number of rotatable bonds is 4. The summed E-state index contributed by atoms with van der Waals surface area (Å²) in [4.78, 5) is 0. The minimum atomic E-state index is -0.416. The van der Waals surface area contributed by atoms with E-state index in [0.717, 1.165) is 17.7 Å². The summed E-state index contributed by atoms with van der Waals surface area (Å²) >= 11 is 0. The quantitative estimate of drug-likeness (QED) is 0.829. The molecule has 0 saturated heterocycles. The van der Waals surface area contributed by atoms with Crippen LogP contribution in [-0.2, 0) is 0 Å². The topological polar surface area (TPSA) is 12.0 Å². The molecule has 3 heteroatoms. The van der Waals surface area contributed by atoms with Crippen LogP contribution in [-0.4, -0.2) is 13.6 Å². The summed E-state index contributed by atoms with van der Waals surface area (Å²) in [6, 6.07) is 3.49. The van der Waals surface area contributed by atoms with Gasteiger partial charge in [-0.25, -0.2) is 8.78 Å². The molecule has 88 valence electrons. The second kappa shape index (κ2) is 5.75. The van der Waals surface area contributed by atoms with E-state index < -0.39 is 11.6 Å². The maximum absolute atomic E-state index is 13.4. The van der Waals surface area contributed by atoms with Crippen LogP contribution >= 0.6 is 0 Å². The van der Waals surface area contributed by atoms with E-state index in [1.165, 1.54) is 6.07 Å². The van der Waals surface area contributed by atoms with Crippen LogP contribution in [0, 0.1) is 17.6 Å². The Kier molecular flexibility index (Phi) is 4.62. The van der Waals surface area contributed by atoms with E-state index >= 15 is 0 Å². The summed E-state index contributed by atoms with van der Waals surface area (Å²) in [6.07, 6.45) is 1.71. The third kappa shape index (κ3) is 3.42. The second-order valence-corrected chi connectivity index (χ2v) is 4.07. The molecule has 1 rings (SSSR count). The fourth-order valence-electron chi connectivity index (χ4n) is 1.45. The van der Waals surface area contributed by atoms with Crippen LogP contribution in [0.1, 0.15) is 19.4 Å². The molecular formula is C13H17F2N. The van der Waals surface area contributed by atoms with Crippen LogP contribution in [0.4, 0.5) is 8.78 Å². The lowest BCUT2D eigenvalue weighted by Crippen LogP contribution is -2.14. The normalized spacial score (nSPS) is 12.2. The van der Waals surface area contributed by atoms with Gasteiger partial charge in [0.25, 0.3) is 0 Å². The molecule has 0 aliphatic carbocycles. The Balaban J connectivity index is 3.06. The lowest BCUT2D eigenvalue weighted by Gasteiger charge is -2.11. The summed E-state index contributed by atoms with van der Waals surface area (Å²) in [7, 11) is 1.83. The van der Waals surface area contributed by atoms with E-state index in [4.69, 9.17) is 0 Å². The van der Waals surface area contributed by atoms with Gasteiger partial charge in [0.05, 0.1) is 0 Å². The Bertz CT molecular complexity index is 384. The molecule has 1 aromatic rings. The van der Waals surface area contributed by atoms with E-state index in [9.17, 15) is 8.78 Å². The molecule has 0 unspecified atom stereocenters. The third-order valence-corrected chi connectivity index (χ3v) is 2.42. The second-order valence-electron chi connectivity index (χ2n) is 4.07. The van der Waals surface area contributed by atoms with Crippen molar-refractivity contribution in [3.05, 3.63) is 41.0 Å². The van der Waals surface area contributed by atoms with E-state index in [0.29, 0.717) is 18.0 Å². The van der Waals surface area contributed by atoms with Gasteiger partial charge in [-0.1, -0.05) is 25.5 Å². The Labute approximate surface area is 95.2 Å². The highest BCUT2D eigenvalue weighted by Crippen LogP contribution is 2.17. The predicted molar refractivity (Wildman–Crippen MR) is 63.1 cm³/mol. The zero-order chi connectivity index (χ0) is 12.1. The van der Waals surface area contributed by atoms with Crippen molar-refractivity contribution < 1.29 is 8.78 Å². The minimum absolute atomic E-state index is 0.301. The van der Waals surface area contributed by atoms with Crippen LogP contribution in [0.3, 0.4) is 0 Å². The highest BCUT2D eigenvalue weighted by Gasteiger charge is 2.06. The van der Waals surface area contributed by atoms with Crippen molar-refractivity contribution >= 4 is 6.08 Å². The van der Waals surface area contributed by atoms with E-state index in [2.05, 4.69) is 5.32 Å². The predicted octanol–water partition coefficient (Wildman–Crippen LogP) is 3.22. The minimum Gasteiger partial charge on any atom is -0.316 e. The Hall–Kier alpha value is -1.22. The number of benzene rings is 1. The molecule has 0 bridgehead atoms. The van der Waals surface area contributed by atoms with Crippen LogP contribution in [0.25, 0.3) is 6.08 Å². The van der Waals surface area contributed by atoms with Crippen molar-refractivity contribution in [2.45, 2.75) is 13.8 Å². The number of halogens is 2. The summed E-state index contributed by atoms with van der Waals surface area (Å²) in [5.41, 5.74) is 1.35. The van der Waals surface area contributed by atoms with Crippen LogP contribution < -0.4 is 5.32 Å². The molecule has 0 fully saturated rings. The van der Waals surface area contributed by atoms with Gasteiger partial charge in [-0.3, -0.25) is 0 Å². The first kappa shape index (κ1) is 12.8. The molecular weight excluding hydrogens is 208 g/mol. The smallest absolute Gasteiger partial charge is 0.130 e. The van der Waals surface area contributed by atoms with E-state index in [1.54, 1.807) is 6.08 Å². The summed E-state index contributed by atoms with van der Waals surface area (Å²) in [5.74, 6) is -0.508. The standard InChI is InChI=1S/C13H17F2N/c1-9(2)11(8-16-3)6-10-7-12(14)4-5-13(10)15/h4-7,9,16H,8H2,1-3H3. The number of likely N-dealkylation sites (N-methyl/N-ethyl adjacent to an activating group) is 1. The molecule has 0 amide bonds. The van der Waals surface area contributed by atoms with Gasteiger partial charge < -0.3 is 5.32 Å². The van der Waals surface area contributed by atoms with Gasteiger partial charge in [-0.15, -0.1) is 0 Å². The van der Waals surface area contributed by atoms with Gasteiger partial charge in [-0.2, -0.15) is 0 Å². The molecule has 0 aliphatic rings. The monoisotopic (exact) mass is 225 g/mol. The van der Waals surface area contributed by atoms with Crippen molar-refractivity contribution in [1.29, 1.82) is 0 Å². The lowest BCUT2D eigenvalue weighted by molar-refractivity contribution is 0.597. The molecule has 1 nitrogen and oxygen atoms in total. The zero-order valence-electron chi connectivity index (χ0n) is 9.85. The van der Waals surface area contributed by atoms with Gasteiger partial charge in [-0.05, 0) is 31.2 Å². The zero-order valence-corrected chi connectivity index (χ0v) is 9.85. The van der Waals surface area contributed by atoms with Gasteiger partial charge in [0.2, 0.25) is 0 Å². The van der Waals surface area contributed by atoms with Gasteiger partial charge >= 0.3 is 0 Å². The van der Waals surface area contributed by atoms with E-state index in [-0.39, 0.29) is 0 Å². The lowest BCUT2D eigenvalue weighted by atomic mass is 10.00. The summed E-state index contributed by atoms with van der Waals surface area (Å²) in [6.45, 7) is 4.73. The molecule has 0 spiro atoms. The van der Waals surface area contributed by atoms with Gasteiger partial charge in [0.15, 0.2) is 0 Å². The molecule has 0 heterocycles. The van der Waals surface area contributed by atoms with Crippen molar-refractivity contribution in [2.24, 2.45) is 5.92 Å². The number of hydrogen-bond donors (Lipinski definition) is 1. The Morgan fingerprint density at radius 2 is 2.06 bits per heavy atom. The van der Waals surface area contributed by atoms with Crippen LogP contribution in [0.5, 0.6) is 0 Å². The molecule has 16 heavy (non-hydrogen) atoms. The maximum atomic E-state index is 13.4. The summed E-state index contributed by atoms with van der Waals surface area (Å²) in [5, 5.41) is 3.02. The van der Waals surface area contributed by atoms with Gasteiger partial charge in [0.1, 0.15) is 11.6 Å². The average molecular weight is 225 g/mol. The molecule has 0 radical (unpaired) electrons. The average Bonchev–Trinajstić information content (AvgIpc) is 2.22. The van der Waals surface area contributed by atoms with Crippen molar-refractivity contribution in [3.8, 4) is 0 Å². The fourth-order valence-corrected chi connectivity index (χ4v) is 1.45. The number of nitrogens with one attached hydrogen (secondary N) is 1. The fraction of sp³-hybridized carbons (Fsp3) is 0.385. The van der Waals surface area contributed by atoms with Crippen molar-refractivity contribution in [1.82, 2.24) is 5.32 Å². The molecule has 1 N–H and O–H groups in total. The number of hydrogen-bond acceptors (Lipinski definition) is 1. The molecule has 0 aromatic heterocycles. The van der Waals surface area contributed by atoms with Gasteiger partial charge in [0, 0.05) is 12.1 Å². The summed E-state index contributed by atoms with van der Waals surface area (Å²) < 4.78 is 26.4. The Morgan fingerprint density at radius 3 is 2.62 bits per heavy atom. The molecule has 0 aliphatic heterocycles. The Morgan fingerprint density at radius 1 is 1.38 bits per heavy atom. The van der Waals surface area contributed by atoms with E-state index in [1.807, 2.05) is 20.9 Å². The van der Waals surface area contributed by atoms with Crippen molar-refractivity contribution in [3.63, 3.8) is 0 Å². The molecule has 0 saturated carbocycles. The first-order valence-electron chi connectivity index (χ1n) is 5.34. The van der Waals surface area contributed by atoms with Crippen LogP contribution in [0.15, 0.2) is 23.8 Å². The van der Waals surface area contributed by atoms with Crippen LogP contribution in [0.2, 0.25) is 0 Å². The van der Waals surface area contributed by atoms with Crippen molar-refractivity contribution in [2.75, 3.05) is 13.6 Å². The first-order chi connectivity index (χ1) is 7.54.